The fraction of sp³-hybridized carbons (Fsp3) is 0.400. The fourth-order valence-corrected chi connectivity index (χ4v) is 4.48. The highest BCUT2D eigenvalue weighted by Crippen LogP contribution is 2.28. The van der Waals surface area contributed by atoms with Crippen molar-refractivity contribution in [2.45, 2.75) is 33.1 Å². The van der Waals surface area contributed by atoms with Gasteiger partial charge in [0.1, 0.15) is 0 Å². The highest BCUT2D eigenvalue weighted by atomic mass is 32.1. The van der Waals surface area contributed by atoms with Gasteiger partial charge in [0.25, 0.3) is 5.56 Å². The van der Waals surface area contributed by atoms with Crippen molar-refractivity contribution in [3.63, 3.8) is 0 Å². The Morgan fingerprint density at radius 1 is 1.11 bits per heavy atom. The second kappa shape index (κ2) is 11.0. The predicted octanol–water partition coefficient (Wildman–Crippen LogP) is 3.71. The van der Waals surface area contributed by atoms with Gasteiger partial charge < -0.3 is 14.2 Å². The molecule has 0 unspecified atom stereocenters. The van der Waals surface area contributed by atoms with E-state index >= 15 is 0 Å². The number of methoxy groups -OCH3 is 2. The summed E-state index contributed by atoms with van der Waals surface area (Å²) in [6, 6.07) is 13.4. The minimum absolute atomic E-state index is 0.0776. The smallest absolute Gasteiger partial charge is 0.262 e. The van der Waals surface area contributed by atoms with Crippen LogP contribution in [0.15, 0.2) is 47.3 Å². The predicted molar refractivity (Wildman–Crippen MR) is 138 cm³/mol. The second-order valence-corrected chi connectivity index (χ2v) is 8.68. The number of para-hydroxylation sites is 1. The van der Waals surface area contributed by atoms with E-state index in [9.17, 15) is 4.79 Å². The third-order valence-electron chi connectivity index (χ3n) is 5.77. The Labute approximate surface area is 209 Å². The molecule has 0 saturated carbocycles. The average Bonchev–Trinajstić information content (AvgIpc) is 3.17. The highest BCUT2D eigenvalue weighted by Gasteiger charge is 2.16. The normalized spacial score (nSPS) is 11.6. The molecule has 2 aromatic carbocycles. The molecule has 186 valence electrons. The van der Waals surface area contributed by atoms with E-state index in [-0.39, 0.29) is 5.56 Å². The SMILES string of the molecule is CCOc1ccc(CN(C)Cn2nc3n(CCCOC)c(=O)c4ccccc4n3c2=S)cc1OC. The summed E-state index contributed by atoms with van der Waals surface area (Å²) in [7, 11) is 5.29. The number of rotatable bonds is 11. The minimum atomic E-state index is -0.0776. The first kappa shape index (κ1) is 24.9. The van der Waals surface area contributed by atoms with Crippen LogP contribution in [0.5, 0.6) is 11.5 Å². The van der Waals surface area contributed by atoms with Crippen LogP contribution >= 0.6 is 12.2 Å². The number of hydrogen-bond acceptors (Lipinski definition) is 7. The Balaban J connectivity index is 1.68. The molecule has 0 aliphatic heterocycles. The van der Waals surface area contributed by atoms with Gasteiger partial charge >= 0.3 is 0 Å². The second-order valence-electron chi connectivity index (χ2n) is 8.31. The van der Waals surface area contributed by atoms with Crippen molar-refractivity contribution in [2.75, 3.05) is 34.5 Å². The van der Waals surface area contributed by atoms with Crippen molar-refractivity contribution < 1.29 is 14.2 Å². The van der Waals surface area contributed by atoms with Crippen LogP contribution in [0.1, 0.15) is 18.9 Å². The van der Waals surface area contributed by atoms with E-state index in [1.165, 1.54) is 0 Å². The third kappa shape index (κ3) is 5.09. The summed E-state index contributed by atoms with van der Waals surface area (Å²) < 4.78 is 22.1. The Morgan fingerprint density at radius 3 is 2.66 bits per heavy atom. The molecule has 4 rings (SSSR count). The summed E-state index contributed by atoms with van der Waals surface area (Å²) in [5.74, 6) is 1.96. The van der Waals surface area contributed by atoms with Gasteiger partial charge in [-0.05, 0) is 62.4 Å². The molecule has 0 aliphatic rings. The first-order chi connectivity index (χ1) is 17.0. The van der Waals surface area contributed by atoms with Gasteiger partial charge in [-0.15, -0.1) is 5.10 Å². The summed E-state index contributed by atoms with van der Waals surface area (Å²) in [5.41, 5.74) is 1.75. The van der Waals surface area contributed by atoms with Crippen molar-refractivity contribution in [1.29, 1.82) is 0 Å². The number of benzene rings is 2. The number of nitrogens with zero attached hydrogens (tertiary/aromatic N) is 5. The van der Waals surface area contributed by atoms with Gasteiger partial charge in [-0.3, -0.25) is 18.7 Å². The quantitative estimate of drug-likeness (QED) is 0.231. The van der Waals surface area contributed by atoms with E-state index in [0.29, 0.717) is 61.1 Å². The van der Waals surface area contributed by atoms with E-state index in [1.807, 2.05) is 60.8 Å². The maximum absolute atomic E-state index is 13.2. The van der Waals surface area contributed by atoms with Crippen LogP contribution in [-0.2, 0) is 24.5 Å². The molecule has 10 heteroatoms. The van der Waals surface area contributed by atoms with Crippen molar-refractivity contribution in [3.05, 3.63) is 63.2 Å². The van der Waals surface area contributed by atoms with Crippen molar-refractivity contribution in [1.82, 2.24) is 23.6 Å². The lowest BCUT2D eigenvalue weighted by Gasteiger charge is -2.17. The van der Waals surface area contributed by atoms with Crippen molar-refractivity contribution in [2.24, 2.45) is 0 Å². The van der Waals surface area contributed by atoms with Crippen LogP contribution < -0.4 is 15.0 Å². The monoisotopic (exact) mass is 497 g/mol. The Bertz CT molecular complexity index is 1440. The zero-order chi connectivity index (χ0) is 24.9. The van der Waals surface area contributed by atoms with E-state index in [4.69, 9.17) is 31.5 Å². The van der Waals surface area contributed by atoms with Gasteiger partial charge in [-0.25, -0.2) is 4.68 Å². The molecule has 9 nitrogen and oxygen atoms in total. The largest absolute Gasteiger partial charge is 0.493 e. The third-order valence-corrected chi connectivity index (χ3v) is 6.16. The van der Waals surface area contributed by atoms with Crippen LogP contribution in [0, 0.1) is 4.77 Å². The highest BCUT2D eigenvalue weighted by molar-refractivity contribution is 7.71. The standard InChI is InChI=1S/C25H31N5O4S/c1-5-34-21-12-11-18(15-22(21)33-4)16-27(2)17-29-25(35)30-20-10-7-6-9-19(20)23(31)28(24(30)26-29)13-8-14-32-3/h6-7,9-12,15H,5,8,13-14,16-17H2,1-4H3. The molecule has 0 aliphatic carbocycles. The fourth-order valence-electron chi connectivity index (χ4n) is 4.20. The Morgan fingerprint density at radius 2 is 1.91 bits per heavy atom. The molecular weight excluding hydrogens is 466 g/mol. The van der Waals surface area contributed by atoms with E-state index in [2.05, 4.69) is 4.90 Å². The molecule has 35 heavy (non-hydrogen) atoms. The molecule has 0 radical (unpaired) electrons. The van der Waals surface area contributed by atoms with E-state index in [0.717, 1.165) is 16.8 Å². The van der Waals surface area contributed by atoms with Gasteiger partial charge in [0, 0.05) is 26.8 Å². The minimum Gasteiger partial charge on any atom is -0.493 e. The lowest BCUT2D eigenvalue weighted by molar-refractivity contribution is 0.190. The number of fused-ring (bicyclic) bond motifs is 3. The molecule has 0 amide bonds. The van der Waals surface area contributed by atoms with Gasteiger partial charge in [-0.2, -0.15) is 0 Å². The van der Waals surface area contributed by atoms with Gasteiger partial charge in [0.15, 0.2) is 11.5 Å². The summed E-state index contributed by atoms with van der Waals surface area (Å²) in [5, 5.41) is 5.38. The molecule has 2 heterocycles. The van der Waals surface area contributed by atoms with Crippen LogP contribution in [0.2, 0.25) is 0 Å². The van der Waals surface area contributed by atoms with Crippen LogP contribution in [0.4, 0.5) is 0 Å². The number of aryl methyl sites for hydroxylation is 1. The zero-order valence-electron chi connectivity index (χ0n) is 20.6. The lowest BCUT2D eigenvalue weighted by atomic mass is 10.2. The maximum atomic E-state index is 13.2. The Kier molecular flexibility index (Phi) is 7.84. The molecule has 0 fully saturated rings. The molecule has 4 aromatic rings. The summed E-state index contributed by atoms with van der Waals surface area (Å²) in [4.78, 5) is 15.4. The molecular formula is C25H31N5O4S. The first-order valence-electron chi connectivity index (χ1n) is 11.6. The van der Waals surface area contributed by atoms with Gasteiger partial charge in [-0.1, -0.05) is 18.2 Å². The van der Waals surface area contributed by atoms with Crippen LogP contribution in [0.25, 0.3) is 16.7 Å². The van der Waals surface area contributed by atoms with Crippen LogP contribution in [0.3, 0.4) is 0 Å². The van der Waals surface area contributed by atoms with Crippen molar-refractivity contribution in [3.8, 4) is 11.5 Å². The van der Waals surface area contributed by atoms with Crippen molar-refractivity contribution >= 4 is 28.9 Å². The topological polar surface area (TPSA) is 75.2 Å². The number of aromatic nitrogens is 4. The maximum Gasteiger partial charge on any atom is 0.262 e. The van der Waals surface area contributed by atoms with Gasteiger partial charge in [0.05, 0.1) is 31.3 Å². The van der Waals surface area contributed by atoms with E-state index in [1.54, 1.807) is 23.5 Å². The van der Waals surface area contributed by atoms with Crippen LogP contribution in [-0.4, -0.2) is 58.1 Å². The lowest BCUT2D eigenvalue weighted by Crippen LogP contribution is -2.24. The first-order valence-corrected chi connectivity index (χ1v) is 12.0. The number of ether oxygens (including phenoxy) is 3. The molecule has 0 atom stereocenters. The summed E-state index contributed by atoms with van der Waals surface area (Å²) >= 11 is 5.82. The molecule has 0 spiro atoms. The number of hydrogen-bond donors (Lipinski definition) is 0. The molecule has 0 bridgehead atoms. The molecule has 0 N–H and O–H groups in total. The summed E-state index contributed by atoms with van der Waals surface area (Å²) in [6.45, 7) is 4.68. The average molecular weight is 498 g/mol. The zero-order valence-corrected chi connectivity index (χ0v) is 21.4. The van der Waals surface area contributed by atoms with E-state index < -0.39 is 0 Å². The molecule has 0 saturated heterocycles. The van der Waals surface area contributed by atoms with Gasteiger partial charge in [0.2, 0.25) is 10.5 Å². The molecule has 2 aromatic heterocycles. The Hall–Kier alpha value is -3.21. The summed E-state index contributed by atoms with van der Waals surface area (Å²) in [6.07, 6.45) is 0.698.